The summed E-state index contributed by atoms with van der Waals surface area (Å²) in [6.07, 6.45) is -0.941. The van der Waals surface area contributed by atoms with Crippen molar-refractivity contribution in [2.24, 2.45) is 0 Å². The van der Waals surface area contributed by atoms with Crippen LogP contribution in [0.1, 0.15) is 19.4 Å². The third-order valence-corrected chi connectivity index (χ3v) is 4.26. The normalized spacial score (nSPS) is 19.4. The number of aliphatic carboxylic acids is 1. The predicted octanol–water partition coefficient (Wildman–Crippen LogP) is 2.04. The molecule has 1 aromatic rings. The first-order valence-corrected chi connectivity index (χ1v) is 7.51. The van der Waals surface area contributed by atoms with Crippen molar-refractivity contribution in [3.8, 4) is 0 Å². The Morgan fingerprint density at radius 2 is 1.95 bits per heavy atom. The number of carbonyl (C=O) groups excluding carboxylic acids is 1. The van der Waals surface area contributed by atoms with E-state index in [-0.39, 0.29) is 19.1 Å². The molecule has 114 valence electrons. The lowest BCUT2D eigenvalue weighted by Crippen LogP contribution is -2.53. The Labute approximate surface area is 132 Å². The minimum atomic E-state index is -1.03. The summed E-state index contributed by atoms with van der Waals surface area (Å²) in [5.74, 6) is -1.12. The quantitative estimate of drug-likeness (QED) is 0.900. The minimum absolute atomic E-state index is 0.0839. The van der Waals surface area contributed by atoms with Crippen LogP contribution in [0.3, 0.4) is 0 Å². The van der Waals surface area contributed by atoms with E-state index in [1.165, 1.54) is 0 Å². The Morgan fingerprint density at radius 3 is 2.52 bits per heavy atom. The van der Waals surface area contributed by atoms with Crippen LogP contribution >= 0.6 is 15.9 Å². The lowest BCUT2D eigenvalue weighted by atomic mass is 9.83. The molecular formula is C15H18BrNO4. The van der Waals surface area contributed by atoms with E-state index >= 15 is 0 Å². The number of ether oxygens (including phenoxy) is 1. The van der Waals surface area contributed by atoms with Crippen LogP contribution in [0.25, 0.3) is 0 Å². The van der Waals surface area contributed by atoms with Gasteiger partial charge in [0.25, 0.3) is 0 Å². The zero-order valence-electron chi connectivity index (χ0n) is 12.0. The molecule has 1 N–H and O–H groups in total. The summed E-state index contributed by atoms with van der Waals surface area (Å²) in [5.41, 5.74) is 0.190. The van der Waals surface area contributed by atoms with Crippen molar-refractivity contribution in [2.75, 3.05) is 19.7 Å². The number of hydrogen-bond donors (Lipinski definition) is 1. The van der Waals surface area contributed by atoms with E-state index in [0.717, 1.165) is 10.0 Å². The summed E-state index contributed by atoms with van der Waals surface area (Å²) in [7, 11) is 0. The molecule has 0 unspecified atom stereocenters. The van der Waals surface area contributed by atoms with Crippen LogP contribution in [0, 0.1) is 0 Å². The van der Waals surface area contributed by atoms with Gasteiger partial charge in [0, 0.05) is 11.0 Å². The van der Waals surface area contributed by atoms with Crippen molar-refractivity contribution in [1.29, 1.82) is 0 Å². The summed E-state index contributed by atoms with van der Waals surface area (Å²) in [6, 6.07) is 7.58. The van der Waals surface area contributed by atoms with Gasteiger partial charge in [0.1, 0.15) is 0 Å². The number of nitrogens with zero attached hydrogens (tertiary/aromatic N) is 1. The molecular weight excluding hydrogens is 338 g/mol. The number of morpholine rings is 1. The molecule has 0 saturated carbocycles. The Hall–Kier alpha value is -1.40. The molecule has 21 heavy (non-hydrogen) atoms. The van der Waals surface area contributed by atoms with Gasteiger partial charge in [-0.3, -0.25) is 4.79 Å². The molecule has 5 nitrogen and oxygen atoms in total. The SMILES string of the molecule is CC(C)(C(=O)N1CCO[C@@H](C(=O)O)C1)c1ccc(Br)cc1. The van der Waals surface area contributed by atoms with Crippen LogP contribution in [0.15, 0.2) is 28.7 Å². The number of benzene rings is 1. The summed E-state index contributed by atoms with van der Waals surface area (Å²) >= 11 is 3.37. The molecule has 1 heterocycles. The highest BCUT2D eigenvalue weighted by molar-refractivity contribution is 9.10. The number of halogens is 1. The Morgan fingerprint density at radius 1 is 1.33 bits per heavy atom. The molecule has 1 aliphatic rings. The maximum absolute atomic E-state index is 12.7. The van der Waals surface area contributed by atoms with Crippen molar-refractivity contribution < 1.29 is 19.4 Å². The topological polar surface area (TPSA) is 66.8 Å². The highest BCUT2D eigenvalue weighted by Crippen LogP contribution is 2.28. The molecule has 0 bridgehead atoms. The van der Waals surface area contributed by atoms with Gasteiger partial charge in [-0.15, -0.1) is 0 Å². The maximum atomic E-state index is 12.7. The van der Waals surface area contributed by atoms with Gasteiger partial charge in [0.05, 0.1) is 18.6 Å². The average molecular weight is 356 g/mol. The number of carbonyl (C=O) groups is 2. The number of hydrogen-bond acceptors (Lipinski definition) is 3. The molecule has 1 atom stereocenters. The second kappa shape index (κ2) is 6.15. The van der Waals surface area contributed by atoms with E-state index in [4.69, 9.17) is 9.84 Å². The van der Waals surface area contributed by atoms with Gasteiger partial charge >= 0.3 is 5.97 Å². The fraction of sp³-hybridized carbons (Fsp3) is 0.467. The van der Waals surface area contributed by atoms with Crippen LogP contribution in [0.5, 0.6) is 0 Å². The van der Waals surface area contributed by atoms with Crippen LogP contribution < -0.4 is 0 Å². The molecule has 0 aromatic heterocycles. The smallest absolute Gasteiger partial charge is 0.334 e. The number of amides is 1. The molecule has 0 spiro atoms. The highest BCUT2D eigenvalue weighted by atomic mass is 79.9. The molecule has 0 radical (unpaired) electrons. The summed E-state index contributed by atoms with van der Waals surface area (Å²) in [4.78, 5) is 25.3. The molecule has 1 aromatic carbocycles. The molecule has 0 aliphatic carbocycles. The summed E-state index contributed by atoms with van der Waals surface area (Å²) in [5, 5.41) is 9.02. The number of carboxylic acid groups (broad SMARTS) is 1. The van der Waals surface area contributed by atoms with E-state index < -0.39 is 17.5 Å². The van der Waals surface area contributed by atoms with Crippen LogP contribution in [0.4, 0.5) is 0 Å². The Kier molecular flexibility index (Phi) is 4.68. The monoisotopic (exact) mass is 355 g/mol. The van der Waals surface area contributed by atoms with Gasteiger partial charge in [-0.25, -0.2) is 4.79 Å². The predicted molar refractivity (Wildman–Crippen MR) is 81.1 cm³/mol. The van der Waals surface area contributed by atoms with Crippen molar-refractivity contribution in [1.82, 2.24) is 4.90 Å². The largest absolute Gasteiger partial charge is 0.479 e. The van der Waals surface area contributed by atoms with Gasteiger partial charge in [-0.2, -0.15) is 0 Å². The van der Waals surface area contributed by atoms with Crippen LogP contribution in [-0.4, -0.2) is 47.7 Å². The lowest BCUT2D eigenvalue weighted by molar-refractivity contribution is -0.160. The third kappa shape index (κ3) is 3.44. The van der Waals surface area contributed by atoms with Gasteiger partial charge in [0.2, 0.25) is 5.91 Å². The third-order valence-electron chi connectivity index (χ3n) is 3.73. The summed E-state index contributed by atoms with van der Waals surface area (Å²) in [6.45, 7) is 4.46. The first kappa shape index (κ1) is 16.0. The van der Waals surface area contributed by atoms with Gasteiger partial charge in [-0.1, -0.05) is 28.1 Å². The second-order valence-electron chi connectivity index (χ2n) is 5.58. The van der Waals surface area contributed by atoms with Crippen molar-refractivity contribution >= 4 is 27.8 Å². The zero-order chi connectivity index (χ0) is 15.6. The molecule has 2 rings (SSSR count). The average Bonchev–Trinajstić information content (AvgIpc) is 2.47. The van der Waals surface area contributed by atoms with Crippen molar-refractivity contribution in [3.05, 3.63) is 34.3 Å². The van der Waals surface area contributed by atoms with E-state index in [0.29, 0.717) is 6.54 Å². The highest BCUT2D eigenvalue weighted by Gasteiger charge is 2.37. The first-order valence-electron chi connectivity index (χ1n) is 6.72. The van der Waals surface area contributed by atoms with Crippen LogP contribution in [-0.2, 0) is 19.7 Å². The zero-order valence-corrected chi connectivity index (χ0v) is 13.6. The second-order valence-corrected chi connectivity index (χ2v) is 6.50. The number of carboxylic acids is 1. The molecule has 6 heteroatoms. The van der Waals surface area contributed by atoms with Gasteiger partial charge in [-0.05, 0) is 31.5 Å². The van der Waals surface area contributed by atoms with Crippen molar-refractivity contribution in [3.63, 3.8) is 0 Å². The molecule has 1 saturated heterocycles. The fourth-order valence-electron chi connectivity index (χ4n) is 2.37. The van der Waals surface area contributed by atoms with Crippen LogP contribution in [0.2, 0.25) is 0 Å². The Balaban J connectivity index is 2.17. The van der Waals surface area contributed by atoms with Gasteiger partial charge < -0.3 is 14.7 Å². The first-order chi connectivity index (χ1) is 9.82. The summed E-state index contributed by atoms with van der Waals surface area (Å²) < 4.78 is 6.11. The van der Waals surface area contributed by atoms with Gasteiger partial charge in [0.15, 0.2) is 6.10 Å². The molecule has 1 amide bonds. The molecule has 1 aliphatic heterocycles. The standard InChI is InChI=1S/C15H18BrNO4/c1-15(2,10-3-5-11(16)6-4-10)14(20)17-7-8-21-12(9-17)13(18)19/h3-6,12H,7-9H2,1-2H3,(H,18,19)/t12-/m1/s1. The van der Waals surface area contributed by atoms with E-state index in [1.54, 1.807) is 4.90 Å². The molecule has 1 fully saturated rings. The van der Waals surface area contributed by atoms with E-state index in [9.17, 15) is 9.59 Å². The maximum Gasteiger partial charge on any atom is 0.334 e. The minimum Gasteiger partial charge on any atom is -0.479 e. The Bertz CT molecular complexity index is 541. The van der Waals surface area contributed by atoms with Crippen molar-refractivity contribution in [2.45, 2.75) is 25.4 Å². The fourth-order valence-corrected chi connectivity index (χ4v) is 2.63. The van der Waals surface area contributed by atoms with E-state index in [1.807, 2.05) is 38.1 Å². The van der Waals surface area contributed by atoms with E-state index in [2.05, 4.69) is 15.9 Å². The number of rotatable bonds is 3. The lowest BCUT2D eigenvalue weighted by Gasteiger charge is -2.36.